The first kappa shape index (κ1) is 16.4. The van der Waals surface area contributed by atoms with Crippen molar-refractivity contribution >= 4 is 29.3 Å². The highest BCUT2D eigenvalue weighted by Gasteiger charge is 2.35. The van der Waals surface area contributed by atoms with E-state index in [9.17, 15) is 9.59 Å². The molecule has 0 aromatic heterocycles. The lowest BCUT2D eigenvalue weighted by Gasteiger charge is -2.26. The second-order valence-corrected chi connectivity index (χ2v) is 6.60. The molecule has 1 heterocycles. The minimum Gasteiger partial charge on any atom is -0.495 e. The molecule has 0 saturated carbocycles. The fourth-order valence-electron chi connectivity index (χ4n) is 2.67. The van der Waals surface area contributed by atoms with Gasteiger partial charge in [-0.15, -0.1) is 11.8 Å². The molecule has 1 amide bonds. The zero-order valence-corrected chi connectivity index (χ0v) is 14.2. The molecule has 0 radical (unpaired) electrons. The zero-order valence-electron chi connectivity index (χ0n) is 13.4. The molecule has 3 rings (SSSR count). The molecule has 5 nitrogen and oxygen atoms in total. The second-order valence-electron chi connectivity index (χ2n) is 5.53. The Morgan fingerprint density at radius 3 is 2.58 bits per heavy atom. The van der Waals surface area contributed by atoms with Crippen LogP contribution in [0.2, 0.25) is 0 Å². The second kappa shape index (κ2) is 6.57. The lowest BCUT2D eigenvalue weighted by molar-refractivity contribution is -0.115. The molecule has 1 aliphatic rings. The van der Waals surface area contributed by atoms with Crippen LogP contribution in [-0.4, -0.2) is 29.8 Å². The molecule has 1 aliphatic heterocycles. The molecule has 6 heteroatoms. The number of carbonyl (C=O) groups is 2. The Hall–Kier alpha value is -2.47. The van der Waals surface area contributed by atoms with Crippen LogP contribution in [0.5, 0.6) is 5.75 Å². The minimum absolute atomic E-state index is 0.0213. The average Bonchev–Trinajstić information content (AvgIpc) is 2.96. The third-order valence-corrected chi connectivity index (χ3v) is 5.13. The molecule has 1 fully saturated rings. The highest BCUT2D eigenvalue weighted by atomic mass is 32.2. The summed E-state index contributed by atoms with van der Waals surface area (Å²) >= 11 is 1.55. The van der Waals surface area contributed by atoms with Gasteiger partial charge in [-0.1, -0.05) is 29.8 Å². The van der Waals surface area contributed by atoms with Crippen LogP contribution in [0.1, 0.15) is 26.9 Å². The Bertz CT molecular complexity index is 788. The van der Waals surface area contributed by atoms with Crippen molar-refractivity contribution < 1.29 is 19.4 Å². The highest BCUT2D eigenvalue weighted by molar-refractivity contribution is 8.00. The first-order chi connectivity index (χ1) is 11.5. The number of aromatic carboxylic acids is 1. The van der Waals surface area contributed by atoms with E-state index >= 15 is 0 Å². The molecule has 1 saturated heterocycles. The van der Waals surface area contributed by atoms with Crippen molar-refractivity contribution in [3.63, 3.8) is 0 Å². The maximum atomic E-state index is 12.4. The number of ether oxygens (including phenoxy) is 1. The van der Waals surface area contributed by atoms with Crippen LogP contribution in [0, 0.1) is 6.92 Å². The number of hydrogen-bond donors (Lipinski definition) is 1. The van der Waals surface area contributed by atoms with Crippen LogP contribution in [0.4, 0.5) is 5.69 Å². The van der Waals surface area contributed by atoms with Gasteiger partial charge < -0.3 is 9.84 Å². The molecule has 1 N–H and O–H groups in total. The van der Waals surface area contributed by atoms with E-state index in [4.69, 9.17) is 9.84 Å². The predicted octanol–water partition coefficient (Wildman–Crippen LogP) is 3.48. The summed E-state index contributed by atoms with van der Waals surface area (Å²) in [4.78, 5) is 25.3. The van der Waals surface area contributed by atoms with Crippen LogP contribution in [0.25, 0.3) is 0 Å². The number of hydrogen-bond acceptors (Lipinski definition) is 4. The minimum atomic E-state index is -1.03. The van der Waals surface area contributed by atoms with Crippen molar-refractivity contribution in [3.8, 4) is 5.75 Å². The molecule has 24 heavy (non-hydrogen) atoms. The van der Waals surface area contributed by atoms with Gasteiger partial charge in [0.15, 0.2) is 0 Å². The number of carboxylic acid groups (broad SMARTS) is 1. The van der Waals surface area contributed by atoms with Crippen LogP contribution in [0.3, 0.4) is 0 Å². The maximum absolute atomic E-state index is 12.4. The number of nitrogens with zero attached hydrogens (tertiary/aromatic N) is 1. The number of benzene rings is 2. The van der Waals surface area contributed by atoms with E-state index in [0.29, 0.717) is 17.2 Å². The lowest BCUT2D eigenvalue weighted by atomic mass is 10.1. The molecule has 124 valence electrons. The van der Waals surface area contributed by atoms with Crippen LogP contribution in [0.15, 0.2) is 42.5 Å². The SMILES string of the molecule is COc1cc(C(=O)O)ccc1N1C(=O)CSC1c1ccc(C)cc1. The topological polar surface area (TPSA) is 66.8 Å². The summed E-state index contributed by atoms with van der Waals surface area (Å²) in [6, 6.07) is 12.6. The summed E-state index contributed by atoms with van der Waals surface area (Å²) in [5.74, 6) is -0.297. The van der Waals surface area contributed by atoms with Gasteiger partial charge in [0.25, 0.3) is 0 Å². The van der Waals surface area contributed by atoms with Gasteiger partial charge in [-0.2, -0.15) is 0 Å². The number of aryl methyl sites for hydroxylation is 1. The number of methoxy groups -OCH3 is 1. The van der Waals surface area contributed by atoms with Gasteiger partial charge >= 0.3 is 5.97 Å². The van der Waals surface area contributed by atoms with Gasteiger partial charge in [-0.25, -0.2) is 4.79 Å². The fourth-order valence-corrected chi connectivity index (χ4v) is 3.84. The van der Waals surface area contributed by atoms with Crippen molar-refractivity contribution in [1.29, 1.82) is 0 Å². The Morgan fingerprint density at radius 1 is 1.25 bits per heavy atom. The lowest BCUT2D eigenvalue weighted by Crippen LogP contribution is -2.28. The monoisotopic (exact) mass is 343 g/mol. The van der Waals surface area contributed by atoms with Crippen LogP contribution in [-0.2, 0) is 4.79 Å². The largest absolute Gasteiger partial charge is 0.495 e. The molecule has 1 unspecified atom stereocenters. The van der Waals surface area contributed by atoms with Gasteiger partial charge in [0, 0.05) is 0 Å². The van der Waals surface area contributed by atoms with Crippen molar-refractivity contribution in [2.45, 2.75) is 12.3 Å². The molecular formula is C18H17NO4S. The first-order valence-electron chi connectivity index (χ1n) is 7.43. The summed E-state index contributed by atoms with van der Waals surface area (Å²) in [7, 11) is 1.47. The normalized spacial score (nSPS) is 17.2. The maximum Gasteiger partial charge on any atom is 0.335 e. The fraction of sp³-hybridized carbons (Fsp3) is 0.222. The van der Waals surface area contributed by atoms with Crippen molar-refractivity contribution in [3.05, 3.63) is 59.2 Å². The molecule has 2 aromatic rings. The molecule has 0 bridgehead atoms. The summed E-state index contributed by atoms with van der Waals surface area (Å²) in [5, 5.41) is 8.98. The summed E-state index contributed by atoms with van der Waals surface area (Å²) in [5.41, 5.74) is 2.90. The first-order valence-corrected chi connectivity index (χ1v) is 8.47. The molecule has 0 spiro atoms. The van der Waals surface area contributed by atoms with E-state index < -0.39 is 5.97 Å². The third kappa shape index (κ3) is 2.97. The van der Waals surface area contributed by atoms with E-state index in [0.717, 1.165) is 11.1 Å². The Morgan fingerprint density at radius 2 is 1.96 bits per heavy atom. The van der Waals surface area contributed by atoms with Gasteiger partial charge in [0.05, 0.1) is 24.1 Å². The Labute approximate surface area is 144 Å². The van der Waals surface area contributed by atoms with Gasteiger partial charge in [-0.3, -0.25) is 9.69 Å². The van der Waals surface area contributed by atoms with Crippen molar-refractivity contribution in [1.82, 2.24) is 0 Å². The predicted molar refractivity (Wildman–Crippen MR) is 93.8 cm³/mol. The van der Waals surface area contributed by atoms with Crippen LogP contribution >= 0.6 is 11.8 Å². The molecule has 2 aromatic carbocycles. The summed E-state index contributed by atoms with van der Waals surface area (Å²) in [6.45, 7) is 2.02. The standard InChI is InChI=1S/C18H17NO4S/c1-11-3-5-12(6-4-11)17-19(16(20)10-24-17)14-8-7-13(18(21)22)9-15(14)23-2/h3-9,17H,10H2,1-2H3,(H,21,22). The number of carboxylic acids is 1. The van der Waals surface area contributed by atoms with E-state index in [-0.39, 0.29) is 16.8 Å². The Balaban J connectivity index is 2.03. The van der Waals surface area contributed by atoms with Crippen molar-refractivity contribution in [2.24, 2.45) is 0 Å². The van der Waals surface area contributed by atoms with E-state index in [1.807, 2.05) is 31.2 Å². The smallest absolute Gasteiger partial charge is 0.335 e. The quantitative estimate of drug-likeness (QED) is 0.920. The average molecular weight is 343 g/mol. The number of amides is 1. The van der Waals surface area contributed by atoms with E-state index in [2.05, 4.69) is 0 Å². The van der Waals surface area contributed by atoms with E-state index in [1.165, 1.54) is 19.2 Å². The number of anilines is 1. The summed E-state index contributed by atoms with van der Waals surface area (Å²) in [6.07, 6.45) is 0. The molecule has 0 aliphatic carbocycles. The van der Waals surface area contributed by atoms with Crippen molar-refractivity contribution in [2.75, 3.05) is 17.8 Å². The van der Waals surface area contributed by atoms with Crippen LogP contribution < -0.4 is 9.64 Å². The molecular weight excluding hydrogens is 326 g/mol. The zero-order chi connectivity index (χ0) is 17.3. The highest BCUT2D eigenvalue weighted by Crippen LogP contribution is 2.45. The summed E-state index contributed by atoms with van der Waals surface area (Å²) < 4.78 is 5.33. The molecule has 1 atom stereocenters. The van der Waals surface area contributed by atoms with Gasteiger partial charge in [0.1, 0.15) is 11.1 Å². The number of rotatable bonds is 4. The van der Waals surface area contributed by atoms with E-state index in [1.54, 1.807) is 22.7 Å². The van der Waals surface area contributed by atoms with Gasteiger partial charge in [-0.05, 0) is 30.7 Å². The van der Waals surface area contributed by atoms with Gasteiger partial charge in [0.2, 0.25) is 5.91 Å². The Kier molecular flexibility index (Phi) is 4.49. The third-order valence-electron chi connectivity index (χ3n) is 3.92. The number of thioether (sulfide) groups is 1. The number of carbonyl (C=O) groups excluding carboxylic acids is 1.